The normalized spacial score (nSPS) is 12.9. The number of aryl methyl sites for hydroxylation is 1. The highest BCUT2D eigenvalue weighted by Crippen LogP contribution is 2.23. The van der Waals surface area contributed by atoms with Gasteiger partial charge in [-0.15, -0.1) is 0 Å². The van der Waals surface area contributed by atoms with Crippen LogP contribution in [0.5, 0.6) is 0 Å². The lowest BCUT2D eigenvalue weighted by atomic mass is 10.2. The molecule has 0 spiro atoms. The molecule has 0 fully saturated rings. The summed E-state index contributed by atoms with van der Waals surface area (Å²) in [6.45, 7) is 2.33. The molecule has 4 nitrogen and oxygen atoms in total. The van der Waals surface area contributed by atoms with E-state index in [1.807, 2.05) is 31.2 Å². The van der Waals surface area contributed by atoms with Crippen molar-refractivity contribution >= 4 is 0 Å². The third-order valence-electron chi connectivity index (χ3n) is 2.34. The van der Waals surface area contributed by atoms with Crippen LogP contribution in [0.2, 0.25) is 0 Å². The molecular weight excluding hydrogens is 206 g/mol. The Morgan fingerprint density at radius 2 is 1.88 bits per heavy atom. The molecule has 2 aromatic heterocycles. The maximum atomic E-state index is 6.01. The van der Waals surface area contributed by atoms with Gasteiger partial charge in [0.2, 0.25) is 0 Å². The van der Waals surface area contributed by atoms with Crippen molar-refractivity contribution in [2.75, 3.05) is 7.11 Å². The second-order valence-electron chi connectivity index (χ2n) is 3.66. The fourth-order valence-corrected chi connectivity index (χ4v) is 1.54. The Kier molecular flexibility index (Phi) is 3.12. The number of ether oxygens (including phenoxy) is 1. The van der Waals surface area contributed by atoms with Crippen LogP contribution >= 0.6 is 0 Å². The molecule has 0 aromatic carbocycles. The van der Waals surface area contributed by atoms with Crippen LogP contribution in [-0.4, -0.2) is 7.11 Å². The zero-order valence-corrected chi connectivity index (χ0v) is 9.40. The van der Waals surface area contributed by atoms with Gasteiger partial charge in [0, 0.05) is 7.11 Å². The molecule has 2 aromatic rings. The van der Waals surface area contributed by atoms with Crippen LogP contribution in [0.25, 0.3) is 0 Å². The Labute approximate surface area is 94.0 Å². The van der Waals surface area contributed by atoms with Crippen molar-refractivity contribution in [3.05, 3.63) is 47.3 Å². The van der Waals surface area contributed by atoms with E-state index in [1.165, 1.54) is 0 Å². The van der Waals surface area contributed by atoms with Gasteiger partial charge in [-0.1, -0.05) is 0 Å². The lowest BCUT2D eigenvalue weighted by Crippen LogP contribution is -2.09. The van der Waals surface area contributed by atoms with Gasteiger partial charge >= 0.3 is 0 Å². The van der Waals surface area contributed by atoms with Gasteiger partial charge in [0.05, 0.1) is 0 Å². The molecule has 0 amide bonds. The van der Waals surface area contributed by atoms with Gasteiger partial charge in [-0.05, 0) is 31.2 Å². The van der Waals surface area contributed by atoms with Gasteiger partial charge in [0.1, 0.15) is 35.7 Å². The number of methoxy groups -OCH3 is 1. The first kappa shape index (κ1) is 11.0. The number of rotatable bonds is 4. The average molecular weight is 221 g/mol. The summed E-state index contributed by atoms with van der Waals surface area (Å²) in [4.78, 5) is 0. The Hall–Kier alpha value is -1.52. The third kappa shape index (κ3) is 2.18. The summed E-state index contributed by atoms with van der Waals surface area (Å²) in [5, 5.41) is 0. The highest BCUT2D eigenvalue weighted by atomic mass is 16.5. The lowest BCUT2D eigenvalue weighted by Gasteiger charge is -2.04. The average Bonchev–Trinajstić information content (AvgIpc) is 2.87. The molecule has 0 saturated carbocycles. The molecule has 0 bridgehead atoms. The first-order valence-electron chi connectivity index (χ1n) is 5.10. The van der Waals surface area contributed by atoms with E-state index in [4.69, 9.17) is 19.3 Å². The molecule has 2 rings (SSSR count). The van der Waals surface area contributed by atoms with E-state index in [1.54, 1.807) is 7.11 Å². The van der Waals surface area contributed by atoms with Crippen molar-refractivity contribution in [1.29, 1.82) is 0 Å². The van der Waals surface area contributed by atoms with E-state index >= 15 is 0 Å². The minimum atomic E-state index is -0.362. The minimum absolute atomic E-state index is 0.362. The van der Waals surface area contributed by atoms with Crippen LogP contribution in [0.3, 0.4) is 0 Å². The Bertz CT molecular complexity index is 458. The number of furan rings is 2. The summed E-state index contributed by atoms with van der Waals surface area (Å²) < 4.78 is 16.0. The maximum absolute atomic E-state index is 6.01. The van der Waals surface area contributed by atoms with Crippen LogP contribution in [0.1, 0.15) is 29.1 Å². The molecule has 1 unspecified atom stereocenters. The summed E-state index contributed by atoms with van der Waals surface area (Å²) in [5.41, 5.74) is 6.01. The summed E-state index contributed by atoms with van der Waals surface area (Å²) in [6, 6.07) is 7.08. The van der Waals surface area contributed by atoms with Gasteiger partial charge in [0.15, 0.2) is 0 Å². The predicted molar refractivity (Wildman–Crippen MR) is 58.9 cm³/mol. The Morgan fingerprint density at radius 1 is 1.19 bits per heavy atom. The van der Waals surface area contributed by atoms with Crippen molar-refractivity contribution in [2.24, 2.45) is 5.73 Å². The van der Waals surface area contributed by atoms with Crippen LogP contribution in [-0.2, 0) is 11.3 Å². The van der Waals surface area contributed by atoms with Gasteiger partial charge < -0.3 is 19.3 Å². The highest BCUT2D eigenvalue weighted by Gasteiger charge is 2.16. The smallest absolute Gasteiger partial charge is 0.129 e. The van der Waals surface area contributed by atoms with Crippen molar-refractivity contribution in [3.63, 3.8) is 0 Å². The van der Waals surface area contributed by atoms with E-state index in [0.717, 1.165) is 11.5 Å². The number of hydrogen-bond acceptors (Lipinski definition) is 4. The molecule has 86 valence electrons. The Balaban J connectivity index is 2.17. The third-order valence-corrected chi connectivity index (χ3v) is 2.34. The SMILES string of the molecule is COCc1ccc(C(N)c2ccc(C)o2)o1. The van der Waals surface area contributed by atoms with E-state index in [0.29, 0.717) is 18.1 Å². The molecule has 0 aliphatic heterocycles. The van der Waals surface area contributed by atoms with Gasteiger partial charge in [-0.3, -0.25) is 0 Å². The van der Waals surface area contributed by atoms with Crippen LogP contribution in [0, 0.1) is 6.92 Å². The summed E-state index contributed by atoms with van der Waals surface area (Å²) in [5.74, 6) is 2.99. The first-order chi connectivity index (χ1) is 7.70. The van der Waals surface area contributed by atoms with Crippen molar-refractivity contribution in [2.45, 2.75) is 19.6 Å². The molecule has 2 heterocycles. The zero-order valence-electron chi connectivity index (χ0n) is 9.40. The summed E-state index contributed by atoms with van der Waals surface area (Å²) in [7, 11) is 1.62. The van der Waals surface area contributed by atoms with Gasteiger partial charge in [0.25, 0.3) is 0 Å². The topological polar surface area (TPSA) is 61.5 Å². The lowest BCUT2D eigenvalue weighted by molar-refractivity contribution is 0.162. The predicted octanol–water partition coefficient (Wildman–Crippen LogP) is 2.38. The zero-order chi connectivity index (χ0) is 11.5. The standard InChI is InChI=1S/C12H15NO3/c1-8-3-5-10(15-8)12(13)11-6-4-9(16-11)7-14-2/h3-6,12H,7,13H2,1-2H3. The van der Waals surface area contributed by atoms with Crippen LogP contribution < -0.4 is 5.73 Å². The van der Waals surface area contributed by atoms with Gasteiger partial charge in [-0.25, -0.2) is 0 Å². The van der Waals surface area contributed by atoms with Crippen LogP contribution in [0.4, 0.5) is 0 Å². The maximum Gasteiger partial charge on any atom is 0.129 e. The largest absolute Gasteiger partial charge is 0.464 e. The Morgan fingerprint density at radius 3 is 2.50 bits per heavy atom. The fraction of sp³-hybridized carbons (Fsp3) is 0.333. The fourth-order valence-electron chi connectivity index (χ4n) is 1.54. The van der Waals surface area contributed by atoms with Crippen molar-refractivity contribution in [3.8, 4) is 0 Å². The first-order valence-corrected chi connectivity index (χ1v) is 5.10. The monoisotopic (exact) mass is 221 g/mol. The quantitative estimate of drug-likeness (QED) is 0.861. The van der Waals surface area contributed by atoms with E-state index in [2.05, 4.69) is 0 Å². The summed E-state index contributed by atoms with van der Waals surface area (Å²) >= 11 is 0. The second kappa shape index (κ2) is 4.55. The van der Waals surface area contributed by atoms with Crippen molar-refractivity contribution in [1.82, 2.24) is 0 Å². The van der Waals surface area contributed by atoms with Gasteiger partial charge in [-0.2, -0.15) is 0 Å². The van der Waals surface area contributed by atoms with E-state index in [9.17, 15) is 0 Å². The molecular formula is C12H15NO3. The van der Waals surface area contributed by atoms with Crippen molar-refractivity contribution < 1.29 is 13.6 Å². The molecule has 16 heavy (non-hydrogen) atoms. The van der Waals surface area contributed by atoms with Crippen LogP contribution in [0.15, 0.2) is 33.1 Å². The number of hydrogen-bond donors (Lipinski definition) is 1. The van der Waals surface area contributed by atoms with E-state index < -0.39 is 0 Å². The number of nitrogens with two attached hydrogens (primary N) is 1. The minimum Gasteiger partial charge on any atom is -0.464 e. The molecule has 1 atom stereocenters. The molecule has 4 heteroatoms. The second-order valence-corrected chi connectivity index (χ2v) is 3.66. The van der Waals surface area contributed by atoms with E-state index in [-0.39, 0.29) is 6.04 Å². The molecule has 2 N–H and O–H groups in total. The molecule has 0 radical (unpaired) electrons. The molecule has 0 aliphatic rings. The molecule has 0 aliphatic carbocycles. The highest BCUT2D eigenvalue weighted by molar-refractivity contribution is 5.20. The molecule has 0 saturated heterocycles. The summed E-state index contributed by atoms with van der Waals surface area (Å²) in [6.07, 6.45) is 0.